The number of thiophene rings is 1. The first-order valence-electron chi connectivity index (χ1n) is 9.37. The maximum Gasteiger partial charge on any atom is 0.273 e. The average Bonchev–Trinajstić information content (AvgIpc) is 3.12. The van der Waals surface area contributed by atoms with Crippen LogP contribution in [0.1, 0.15) is 36.6 Å². The zero-order chi connectivity index (χ0) is 19.4. The fourth-order valence-corrected chi connectivity index (χ4v) is 6.31. The molecule has 0 unspecified atom stereocenters. The molecule has 27 heavy (non-hydrogen) atoms. The first-order chi connectivity index (χ1) is 12.9. The molecule has 0 saturated carbocycles. The van der Waals surface area contributed by atoms with Crippen molar-refractivity contribution in [2.24, 2.45) is 0 Å². The maximum absolute atomic E-state index is 13.1. The van der Waals surface area contributed by atoms with Gasteiger partial charge in [-0.15, -0.1) is 11.3 Å². The van der Waals surface area contributed by atoms with Gasteiger partial charge in [-0.25, -0.2) is 8.42 Å². The number of anilines is 1. The molecule has 0 radical (unpaired) electrons. The van der Waals surface area contributed by atoms with Crippen LogP contribution >= 0.6 is 11.3 Å². The number of likely N-dealkylation sites (tertiary alicyclic amines) is 1. The van der Waals surface area contributed by atoms with Crippen molar-refractivity contribution in [3.63, 3.8) is 0 Å². The van der Waals surface area contributed by atoms with E-state index >= 15 is 0 Å². The largest absolute Gasteiger partial charge is 0.342 e. The Morgan fingerprint density at radius 1 is 1.15 bits per heavy atom. The van der Waals surface area contributed by atoms with Gasteiger partial charge in [-0.1, -0.05) is 12.1 Å². The van der Waals surface area contributed by atoms with E-state index in [1.54, 1.807) is 12.1 Å². The standard InChI is InChI=1S/C20H26N2O3S2/c1-3-22(17-9-7-8-16(2)14-17)27(24,25)20-11-10-18(26-20)15-19(23)21-12-5-4-6-13-21/h7-11,14H,3-6,12-13,15H2,1-2H3. The van der Waals surface area contributed by atoms with E-state index in [9.17, 15) is 13.2 Å². The Labute approximate surface area is 165 Å². The van der Waals surface area contributed by atoms with Crippen LogP contribution in [-0.2, 0) is 21.2 Å². The highest BCUT2D eigenvalue weighted by molar-refractivity contribution is 7.94. The summed E-state index contributed by atoms with van der Waals surface area (Å²) in [6, 6.07) is 10.9. The monoisotopic (exact) mass is 406 g/mol. The molecule has 1 amide bonds. The van der Waals surface area contributed by atoms with Gasteiger partial charge in [-0.3, -0.25) is 9.10 Å². The Kier molecular flexibility index (Phi) is 6.22. The summed E-state index contributed by atoms with van der Waals surface area (Å²) in [5.41, 5.74) is 1.68. The van der Waals surface area contributed by atoms with Crippen molar-refractivity contribution in [1.29, 1.82) is 0 Å². The molecule has 5 nitrogen and oxygen atoms in total. The minimum atomic E-state index is -3.63. The summed E-state index contributed by atoms with van der Waals surface area (Å²) in [5.74, 6) is 0.0894. The van der Waals surface area contributed by atoms with E-state index in [1.165, 1.54) is 22.1 Å². The first kappa shape index (κ1) is 19.9. The van der Waals surface area contributed by atoms with Crippen molar-refractivity contribution in [2.45, 2.75) is 43.7 Å². The lowest BCUT2D eigenvalue weighted by atomic mass is 10.1. The molecule has 1 saturated heterocycles. The van der Waals surface area contributed by atoms with Crippen molar-refractivity contribution in [3.05, 3.63) is 46.8 Å². The summed E-state index contributed by atoms with van der Waals surface area (Å²) in [7, 11) is -3.63. The molecule has 3 rings (SSSR count). The van der Waals surface area contributed by atoms with E-state index < -0.39 is 10.0 Å². The van der Waals surface area contributed by atoms with E-state index in [0.717, 1.165) is 36.4 Å². The Morgan fingerprint density at radius 3 is 2.56 bits per heavy atom. The Hall–Kier alpha value is -1.86. The van der Waals surface area contributed by atoms with Crippen LogP contribution in [-0.4, -0.2) is 38.9 Å². The Bertz CT molecular complexity index is 899. The number of carbonyl (C=O) groups is 1. The fraction of sp³-hybridized carbons (Fsp3) is 0.450. The zero-order valence-electron chi connectivity index (χ0n) is 15.8. The number of aryl methyl sites for hydroxylation is 1. The van der Waals surface area contributed by atoms with Crippen molar-refractivity contribution >= 4 is 33.0 Å². The van der Waals surface area contributed by atoms with Gasteiger partial charge < -0.3 is 4.90 Å². The molecule has 0 atom stereocenters. The lowest BCUT2D eigenvalue weighted by molar-refractivity contribution is -0.131. The zero-order valence-corrected chi connectivity index (χ0v) is 17.5. The van der Waals surface area contributed by atoms with Crippen LogP contribution < -0.4 is 4.31 Å². The van der Waals surface area contributed by atoms with Gasteiger partial charge in [0.25, 0.3) is 10.0 Å². The highest BCUT2D eigenvalue weighted by atomic mass is 32.2. The van der Waals surface area contributed by atoms with E-state index in [4.69, 9.17) is 0 Å². The van der Waals surface area contributed by atoms with Gasteiger partial charge in [0.2, 0.25) is 5.91 Å². The molecule has 1 fully saturated rings. The number of amides is 1. The Morgan fingerprint density at radius 2 is 1.89 bits per heavy atom. The lowest BCUT2D eigenvalue weighted by Crippen LogP contribution is -2.36. The van der Waals surface area contributed by atoms with Crippen LogP contribution in [0.4, 0.5) is 5.69 Å². The van der Waals surface area contributed by atoms with Gasteiger partial charge in [-0.05, 0) is 62.9 Å². The number of rotatable bonds is 6. The molecule has 0 N–H and O–H groups in total. The molecular formula is C20H26N2O3S2. The molecular weight excluding hydrogens is 380 g/mol. The minimum absolute atomic E-state index is 0.0894. The predicted molar refractivity (Wildman–Crippen MR) is 110 cm³/mol. The van der Waals surface area contributed by atoms with Gasteiger partial charge in [0.1, 0.15) is 4.21 Å². The van der Waals surface area contributed by atoms with E-state index in [2.05, 4.69) is 0 Å². The molecule has 7 heteroatoms. The number of hydrogen-bond acceptors (Lipinski definition) is 4. The number of hydrogen-bond donors (Lipinski definition) is 0. The topological polar surface area (TPSA) is 57.7 Å². The van der Waals surface area contributed by atoms with Crippen molar-refractivity contribution in [3.8, 4) is 0 Å². The lowest BCUT2D eigenvalue weighted by Gasteiger charge is -2.26. The molecule has 1 aromatic carbocycles. The summed E-state index contributed by atoms with van der Waals surface area (Å²) >= 11 is 1.20. The summed E-state index contributed by atoms with van der Waals surface area (Å²) < 4.78 is 27.9. The number of sulfonamides is 1. The highest BCUT2D eigenvalue weighted by Crippen LogP contribution is 2.29. The molecule has 2 aromatic rings. The molecule has 1 aliphatic rings. The summed E-state index contributed by atoms with van der Waals surface area (Å²) in [6.07, 6.45) is 3.56. The first-order valence-corrected chi connectivity index (χ1v) is 11.6. The number of carbonyl (C=O) groups excluding carboxylic acids is 1. The fourth-order valence-electron chi connectivity index (χ4n) is 3.38. The third-order valence-corrected chi connectivity index (χ3v) is 8.25. The average molecular weight is 407 g/mol. The number of piperidine rings is 1. The molecule has 146 valence electrons. The molecule has 0 bridgehead atoms. The third-order valence-electron chi connectivity index (χ3n) is 4.79. The molecule has 0 spiro atoms. The van der Waals surface area contributed by atoms with Gasteiger partial charge in [0, 0.05) is 24.5 Å². The van der Waals surface area contributed by atoms with Gasteiger partial charge >= 0.3 is 0 Å². The molecule has 1 aliphatic heterocycles. The molecule has 2 heterocycles. The number of nitrogens with zero attached hydrogens (tertiary/aromatic N) is 2. The summed E-state index contributed by atoms with van der Waals surface area (Å²) in [5, 5.41) is 0. The minimum Gasteiger partial charge on any atom is -0.342 e. The van der Waals surface area contributed by atoms with Crippen molar-refractivity contribution in [1.82, 2.24) is 4.90 Å². The van der Waals surface area contributed by atoms with Crippen LogP contribution in [0, 0.1) is 6.92 Å². The van der Waals surface area contributed by atoms with E-state index in [0.29, 0.717) is 12.2 Å². The van der Waals surface area contributed by atoms with Crippen LogP contribution in [0.3, 0.4) is 0 Å². The molecule has 0 aliphatic carbocycles. The van der Waals surface area contributed by atoms with Crippen LogP contribution in [0.15, 0.2) is 40.6 Å². The normalized spacial score (nSPS) is 15.0. The predicted octanol–water partition coefficient (Wildman–Crippen LogP) is 3.83. The third kappa shape index (κ3) is 4.52. The SMILES string of the molecule is CCN(c1cccc(C)c1)S(=O)(=O)c1ccc(CC(=O)N2CCCCC2)s1. The van der Waals surface area contributed by atoms with E-state index in [-0.39, 0.29) is 16.5 Å². The number of benzene rings is 1. The maximum atomic E-state index is 13.1. The second kappa shape index (κ2) is 8.44. The summed E-state index contributed by atoms with van der Waals surface area (Å²) in [6.45, 7) is 5.75. The van der Waals surface area contributed by atoms with E-state index in [1.807, 2.05) is 43.0 Å². The summed E-state index contributed by atoms with van der Waals surface area (Å²) in [4.78, 5) is 15.1. The molecule has 1 aromatic heterocycles. The van der Waals surface area contributed by atoms with Crippen LogP contribution in [0.2, 0.25) is 0 Å². The second-order valence-corrected chi connectivity index (χ2v) is 10.1. The quantitative estimate of drug-likeness (QED) is 0.733. The van der Waals surface area contributed by atoms with Gasteiger partial charge in [-0.2, -0.15) is 0 Å². The van der Waals surface area contributed by atoms with Crippen LogP contribution in [0.5, 0.6) is 0 Å². The van der Waals surface area contributed by atoms with Crippen LogP contribution in [0.25, 0.3) is 0 Å². The van der Waals surface area contributed by atoms with Gasteiger partial charge in [0.05, 0.1) is 12.1 Å². The Balaban J connectivity index is 1.78. The van der Waals surface area contributed by atoms with Gasteiger partial charge in [0.15, 0.2) is 0 Å². The second-order valence-electron chi connectivity index (χ2n) is 6.85. The smallest absolute Gasteiger partial charge is 0.273 e. The van der Waals surface area contributed by atoms with Crippen molar-refractivity contribution in [2.75, 3.05) is 23.9 Å². The highest BCUT2D eigenvalue weighted by Gasteiger charge is 2.26. The van der Waals surface area contributed by atoms with Crippen molar-refractivity contribution < 1.29 is 13.2 Å².